The fraction of sp³-hybridized carbons (Fsp3) is 0. The molecule has 2 aromatic carbocycles. The summed E-state index contributed by atoms with van der Waals surface area (Å²) >= 11 is 20.8. The molecule has 0 radical (unpaired) electrons. The van der Waals surface area contributed by atoms with Crippen molar-refractivity contribution in [1.82, 2.24) is 0 Å². The summed E-state index contributed by atoms with van der Waals surface area (Å²) in [6.45, 7) is 0. The molecule has 0 N–H and O–H groups in total. The highest BCUT2D eigenvalue weighted by atomic mass is 79.9. The van der Waals surface area contributed by atoms with Crippen molar-refractivity contribution in [3.8, 4) is 0 Å². The lowest BCUT2D eigenvalue weighted by atomic mass is 10.0. The van der Waals surface area contributed by atoms with E-state index in [9.17, 15) is 9.18 Å². The Bertz CT molecular complexity index is 650. The molecule has 0 fully saturated rings. The van der Waals surface area contributed by atoms with Crippen molar-refractivity contribution in [3.63, 3.8) is 0 Å². The second-order valence-corrected chi connectivity index (χ2v) is 5.86. The highest BCUT2D eigenvalue weighted by molar-refractivity contribution is 9.10. The highest BCUT2D eigenvalue weighted by Gasteiger charge is 2.20. The van der Waals surface area contributed by atoms with Crippen molar-refractivity contribution in [2.24, 2.45) is 0 Å². The van der Waals surface area contributed by atoms with Crippen molar-refractivity contribution in [2.75, 3.05) is 0 Å². The van der Waals surface area contributed by atoms with Crippen LogP contribution in [0.5, 0.6) is 0 Å². The number of hydrogen-bond acceptors (Lipinski definition) is 1. The van der Waals surface area contributed by atoms with Crippen LogP contribution in [0, 0.1) is 5.82 Å². The normalized spacial score (nSPS) is 10.6. The lowest BCUT2D eigenvalue weighted by molar-refractivity contribution is 0.103. The van der Waals surface area contributed by atoms with Crippen LogP contribution in [0.15, 0.2) is 34.8 Å². The van der Waals surface area contributed by atoms with Crippen LogP contribution in [-0.2, 0) is 0 Å². The first-order valence-corrected chi connectivity index (χ1v) is 6.97. The van der Waals surface area contributed by atoms with Gasteiger partial charge in [-0.05, 0) is 30.3 Å². The molecular formula is C13H5BrCl3FO. The smallest absolute Gasteiger partial charge is 0.199 e. The first-order chi connectivity index (χ1) is 8.90. The third kappa shape index (κ3) is 3.11. The molecule has 98 valence electrons. The average molecular weight is 382 g/mol. The van der Waals surface area contributed by atoms with Crippen molar-refractivity contribution in [2.45, 2.75) is 0 Å². The van der Waals surface area contributed by atoms with E-state index in [4.69, 9.17) is 34.8 Å². The number of rotatable bonds is 2. The Morgan fingerprint density at radius 3 is 2.21 bits per heavy atom. The molecule has 0 atom stereocenters. The minimum absolute atomic E-state index is 0.0322. The number of ketones is 1. The predicted octanol–water partition coefficient (Wildman–Crippen LogP) is 5.78. The number of halogens is 5. The Morgan fingerprint density at radius 2 is 1.63 bits per heavy atom. The summed E-state index contributed by atoms with van der Waals surface area (Å²) in [5.74, 6) is -1.24. The molecule has 0 aliphatic carbocycles. The molecule has 2 rings (SSSR count). The van der Waals surface area contributed by atoms with Gasteiger partial charge >= 0.3 is 0 Å². The van der Waals surface area contributed by atoms with Gasteiger partial charge in [-0.2, -0.15) is 0 Å². The maximum atomic E-state index is 13.7. The van der Waals surface area contributed by atoms with Gasteiger partial charge in [-0.15, -0.1) is 0 Å². The Labute approximate surface area is 132 Å². The van der Waals surface area contributed by atoms with Gasteiger partial charge in [-0.1, -0.05) is 50.7 Å². The second-order valence-electron chi connectivity index (χ2n) is 3.70. The van der Waals surface area contributed by atoms with E-state index in [1.165, 1.54) is 30.3 Å². The molecule has 0 saturated carbocycles. The van der Waals surface area contributed by atoms with Crippen molar-refractivity contribution in [1.29, 1.82) is 0 Å². The minimum Gasteiger partial charge on any atom is -0.288 e. The molecule has 0 amide bonds. The number of carbonyl (C=O) groups excluding carboxylic acids is 1. The third-order valence-electron chi connectivity index (χ3n) is 2.41. The van der Waals surface area contributed by atoms with E-state index >= 15 is 0 Å². The molecule has 19 heavy (non-hydrogen) atoms. The van der Waals surface area contributed by atoms with Gasteiger partial charge in [0.1, 0.15) is 5.82 Å². The van der Waals surface area contributed by atoms with Crippen molar-refractivity contribution >= 4 is 56.5 Å². The molecular weight excluding hydrogens is 377 g/mol. The van der Waals surface area contributed by atoms with Gasteiger partial charge in [0.05, 0.1) is 21.2 Å². The van der Waals surface area contributed by atoms with Gasteiger partial charge in [0.15, 0.2) is 5.78 Å². The maximum absolute atomic E-state index is 13.7. The first-order valence-electron chi connectivity index (χ1n) is 5.04. The molecule has 0 heterocycles. The molecule has 2 aromatic rings. The summed E-state index contributed by atoms with van der Waals surface area (Å²) in [6.07, 6.45) is 0. The summed E-state index contributed by atoms with van der Waals surface area (Å²) in [6, 6.07) is 6.83. The van der Waals surface area contributed by atoms with Gasteiger partial charge in [-0.3, -0.25) is 4.79 Å². The molecule has 0 aromatic heterocycles. The zero-order chi connectivity index (χ0) is 14.2. The summed E-state index contributed by atoms with van der Waals surface area (Å²) in [5.41, 5.74) is -0.0785. The molecule has 0 aliphatic heterocycles. The third-order valence-corrected chi connectivity index (χ3v) is 3.71. The fourth-order valence-corrected chi connectivity index (χ4v) is 2.91. The molecule has 6 heteroatoms. The Morgan fingerprint density at radius 1 is 1.05 bits per heavy atom. The van der Waals surface area contributed by atoms with Gasteiger partial charge in [0.2, 0.25) is 0 Å². The van der Waals surface area contributed by atoms with Crippen LogP contribution in [-0.4, -0.2) is 5.78 Å². The van der Waals surface area contributed by atoms with Crippen molar-refractivity contribution in [3.05, 3.63) is 66.8 Å². The standard InChI is InChI=1S/C13H5BrCl3FO/c14-6-1-2-11(18)8(3-6)13(19)12-9(16)4-7(15)5-10(12)17/h1-5H. The molecule has 0 saturated heterocycles. The monoisotopic (exact) mass is 380 g/mol. The number of hydrogen-bond donors (Lipinski definition) is 0. The van der Waals surface area contributed by atoms with E-state index in [2.05, 4.69) is 15.9 Å². The lowest BCUT2D eigenvalue weighted by Crippen LogP contribution is -2.06. The lowest BCUT2D eigenvalue weighted by Gasteiger charge is -2.08. The zero-order valence-electron chi connectivity index (χ0n) is 9.18. The van der Waals surface area contributed by atoms with E-state index in [1.54, 1.807) is 0 Å². The largest absolute Gasteiger partial charge is 0.288 e. The molecule has 0 bridgehead atoms. The maximum Gasteiger partial charge on any atom is 0.199 e. The molecule has 0 unspecified atom stereocenters. The molecule has 0 aliphatic rings. The van der Waals surface area contributed by atoms with Crippen LogP contribution in [0.3, 0.4) is 0 Å². The number of carbonyl (C=O) groups is 1. The van der Waals surface area contributed by atoms with Gasteiger partial charge < -0.3 is 0 Å². The quantitative estimate of drug-likeness (QED) is 0.602. The van der Waals surface area contributed by atoms with Gasteiger partial charge in [0.25, 0.3) is 0 Å². The Balaban J connectivity index is 2.59. The van der Waals surface area contributed by atoms with Crippen LogP contribution in [0.1, 0.15) is 15.9 Å². The van der Waals surface area contributed by atoms with Gasteiger partial charge in [0, 0.05) is 9.50 Å². The SMILES string of the molecule is O=C(c1cc(Br)ccc1F)c1c(Cl)cc(Cl)cc1Cl. The van der Waals surface area contributed by atoms with E-state index in [0.29, 0.717) is 9.50 Å². The van der Waals surface area contributed by atoms with Crippen molar-refractivity contribution < 1.29 is 9.18 Å². The van der Waals surface area contributed by atoms with Crippen LogP contribution in [0.2, 0.25) is 15.1 Å². The van der Waals surface area contributed by atoms with Crippen LogP contribution in [0.25, 0.3) is 0 Å². The molecule has 0 spiro atoms. The Kier molecular flexibility index (Phi) is 4.51. The fourth-order valence-electron chi connectivity index (χ4n) is 1.57. The zero-order valence-corrected chi connectivity index (χ0v) is 13.0. The highest BCUT2D eigenvalue weighted by Crippen LogP contribution is 2.31. The molecule has 1 nitrogen and oxygen atoms in total. The van der Waals surface area contributed by atoms with E-state index in [0.717, 1.165) is 0 Å². The topological polar surface area (TPSA) is 17.1 Å². The van der Waals surface area contributed by atoms with E-state index in [1.807, 2.05) is 0 Å². The number of benzene rings is 2. The minimum atomic E-state index is -0.643. The Hall–Kier alpha value is -0.610. The average Bonchev–Trinajstić information content (AvgIpc) is 2.30. The van der Waals surface area contributed by atoms with E-state index < -0.39 is 11.6 Å². The van der Waals surface area contributed by atoms with Crippen LogP contribution in [0.4, 0.5) is 4.39 Å². The summed E-state index contributed by atoms with van der Waals surface area (Å²) in [4.78, 5) is 12.3. The first kappa shape index (κ1) is 14.8. The summed E-state index contributed by atoms with van der Waals surface area (Å²) < 4.78 is 14.3. The van der Waals surface area contributed by atoms with Gasteiger partial charge in [-0.25, -0.2) is 4.39 Å². The summed E-state index contributed by atoms with van der Waals surface area (Å²) in [5, 5.41) is 0.477. The van der Waals surface area contributed by atoms with Crippen LogP contribution < -0.4 is 0 Å². The summed E-state index contributed by atoms with van der Waals surface area (Å²) in [7, 11) is 0. The second kappa shape index (κ2) is 5.80. The van der Waals surface area contributed by atoms with E-state index in [-0.39, 0.29) is 21.2 Å². The predicted molar refractivity (Wildman–Crippen MR) is 79.0 cm³/mol. The van der Waals surface area contributed by atoms with Crippen LogP contribution >= 0.6 is 50.7 Å².